The summed E-state index contributed by atoms with van der Waals surface area (Å²) in [5.41, 5.74) is 3.47. The molecule has 134 valence electrons. The van der Waals surface area contributed by atoms with Gasteiger partial charge >= 0.3 is 0 Å². The van der Waals surface area contributed by atoms with Crippen molar-refractivity contribution in [3.8, 4) is 11.6 Å². The van der Waals surface area contributed by atoms with Gasteiger partial charge in [-0.2, -0.15) is 5.10 Å². The van der Waals surface area contributed by atoms with Crippen molar-refractivity contribution in [3.63, 3.8) is 0 Å². The lowest BCUT2D eigenvalue weighted by atomic mass is 10.1. The van der Waals surface area contributed by atoms with Crippen molar-refractivity contribution in [2.75, 3.05) is 5.32 Å². The molecule has 0 unspecified atom stereocenters. The molecule has 0 radical (unpaired) electrons. The average Bonchev–Trinajstić information content (AvgIpc) is 3.05. The van der Waals surface area contributed by atoms with Crippen molar-refractivity contribution < 1.29 is 9.90 Å². The van der Waals surface area contributed by atoms with Crippen molar-refractivity contribution in [2.24, 2.45) is 0 Å². The van der Waals surface area contributed by atoms with Crippen molar-refractivity contribution in [2.45, 2.75) is 13.8 Å². The predicted molar refractivity (Wildman–Crippen MR) is 104 cm³/mol. The van der Waals surface area contributed by atoms with Crippen molar-refractivity contribution in [1.82, 2.24) is 14.8 Å². The Morgan fingerprint density at radius 1 is 1.07 bits per heavy atom. The van der Waals surface area contributed by atoms with E-state index in [4.69, 9.17) is 0 Å². The van der Waals surface area contributed by atoms with Crippen LogP contribution < -0.4 is 5.32 Å². The quantitative estimate of drug-likeness (QED) is 0.543. The van der Waals surface area contributed by atoms with Crippen LogP contribution >= 0.6 is 0 Å². The topological polar surface area (TPSA) is 80.0 Å². The summed E-state index contributed by atoms with van der Waals surface area (Å²) < 4.78 is 1.66. The monoisotopic (exact) mass is 358 g/mol. The van der Waals surface area contributed by atoms with Gasteiger partial charge in [-0.3, -0.25) is 4.79 Å². The minimum Gasteiger partial charge on any atom is -0.508 e. The van der Waals surface area contributed by atoms with Crippen molar-refractivity contribution >= 4 is 22.5 Å². The molecule has 6 heteroatoms. The Bertz CT molecular complexity index is 1160. The van der Waals surface area contributed by atoms with E-state index in [1.807, 2.05) is 50.2 Å². The summed E-state index contributed by atoms with van der Waals surface area (Å²) in [5, 5.41) is 17.8. The summed E-state index contributed by atoms with van der Waals surface area (Å²) in [7, 11) is 0. The van der Waals surface area contributed by atoms with Gasteiger partial charge in [0.25, 0.3) is 5.91 Å². The number of aromatic nitrogens is 3. The van der Waals surface area contributed by atoms with Crippen LogP contribution in [0.5, 0.6) is 5.75 Å². The number of nitrogens with one attached hydrogen (secondary N) is 1. The molecule has 0 fully saturated rings. The Kier molecular flexibility index (Phi) is 4.08. The number of amides is 1. The van der Waals surface area contributed by atoms with E-state index in [9.17, 15) is 9.90 Å². The molecule has 0 atom stereocenters. The van der Waals surface area contributed by atoms with Crippen LogP contribution in [-0.2, 0) is 0 Å². The molecule has 4 rings (SSSR count). The maximum atomic E-state index is 12.7. The molecule has 4 aromatic rings. The third kappa shape index (κ3) is 3.13. The molecular weight excluding hydrogens is 340 g/mol. The molecular formula is C21H18N4O2. The lowest BCUT2D eigenvalue weighted by molar-refractivity contribution is 0.102. The van der Waals surface area contributed by atoms with Gasteiger partial charge in [0, 0.05) is 11.1 Å². The molecule has 2 heterocycles. The van der Waals surface area contributed by atoms with E-state index in [0.717, 1.165) is 16.5 Å². The highest BCUT2D eigenvalue weighted by Gasteiger charge is 2.17. The first kappa shape index (κ1) is 16.8. The number of aromatic hydroxyl groups is 1. The van der Waals surface area contributed by atoms with Gasteiger partial charge in [-0.05, 0) is 55.8 Å². The number of hydrogen-bond donors (Lipinski definition) is 2. The average molecular weight is 358 g/mol. The van der Waals surface area contributed by atoms with E-state index in [1.165, 1.54) is 12.3 Å². The third-order valence-corrected chi connectivity index (χ3v) is 4.51. The highest BCUT2D eigenvalue weighted by molar-refractivity contribution is 6.05. The first-order valence-corrected chi connectivity index (χ1v) is 8.55. The number of para-hydroxylation sites is 1. The van der Waals surface area contributed by atoms with E-state index in [2.05, 4.69) is 15.4 Å². The van der Waals surface area contributed by atoms with Gasteiger partial charge in [-0.25, -0.2) is 9.67 Å². The van der Waals surface area contributed by atoms with E-state index < -0.39 is 0 Å². The molecule has 1 amide bonds. The molecule has 2 aromatic carbocycles. The van der Waals surface area contributed by atoms with Crippen LogP contribution in [0.3, 0.4) is 0 Å². The Balaban J connectivity index is 1.65. The highest BCUT2D eigenvalue weighted by atomic mass is 16.3. The third-order valence-electron chi connectivity index (χ3n) is 4.51. The second-order valence-electron chi connectivity index (χ2n) is 6.37. The first-order valence-electron chi connectivity index (χ1n) is 8.55. The largest absolute Gasteiger partial charge is 0.508 e. The van der Waals surface area contributed by atoms with Crippen LogP contribution in [0.4, 0.5) is 5.69 Å². The number of rotatable bonds is 3. The molecule has 27 heavy (non-hydrogen) atoms. The first-order chi connectivity index (χ1) is 13.0. The molecule has 0 saturated heterocycles. The number of anilines is 1. The van der Waals surface area contributed by atoms with E-state index in [0.29, 0.717) is 22.8 Å². The molecule has 6 nitrogen and oxygen atoms in total. The number of benzene rings is 2. The number of hydrogen-bond acceptors (Lipinski definition) is 4. The summed E-state index contributed by atoms with van der Waals surface area (Å²) >= 11 is 0. The number of fused-ring (bicyclic) bond motifs is 1. The fourth-order valence-electron chi connectivity index (χ4n) is 3.01. The lowest BCUT2D eigenvalue weighted by Crippen LogP contribution is -2.14. The fourth-order valence-corrected chi connectivity index (χ4v) is 3.01. The Morgan fingerprint density at radius 3 is 2.70 bits per heavy atom. The fraction of sp³-hybridized carbons (Fsp3) is 0.0952. The minimum atomic E-state index is -0.256. The van der Waals surface area contributed by atoms with Crippen LogP contribution in [-0.4, -0.2) is 25.8 Å². The van der Waals surface area contributed by atoms with Crippen LogP contribution in [0.15, 0.2) is 60.8 Å². The zero-order valence-corrected chi connectivity index (χ0v) is 15.0. The number of phenols is 1. The Morgan fingerprint density at radius 2 is 1.89 bits per heavy atom. The van der Waals surface area contributed by atoms with Gasteiger partial charge in [0.2, 0.25) is 0 Å². The summed E-state index contributed by atoms with van der Waals surface area (Å²) in [6.45, 7) is 3.66. The molecule has 0 spiro atoms. The summed E-state index contributed by atoms with van der Waals surface area (Å²) in [5.74, 6) is 0.566. The van der Waals surface area contributed by atoms with Gasteiger partial charge in [0.15, 0.2) is 5.82 Å². The minimum absolute atomic E-state index is 0.164. The van der Waals surface area contributed by atoms with E-state index in [1.54, 1.807) is 16.8 Å². The molecule has 0 bridgehead atoms. The molecule has 2 N–H and O–H groups in total. The van der Waals surface area contributed by atoms with Crippen LogP contribution in [0, 0.1) is 13.8 Å². The van der Waals surface area contributed by atoms with Crippen molar-refractivity contribution in [1.29, 1.82) is 0 Å². The van der Waals surface area contributed by atoms with Crippen LogP contribution in [0.1, 0.15) is 21.6 Å². The number of phenolic OH excluding ortho intramolecular Hbond substituents is 1. The number of aryl methyl sites for hydroxylation is 1. The van der Waals surface area contributed by atoms with Gasteiger partial charge in [0.1, 0.15) is 5.75 Å². The number of carbonyl (C=O) groups excluding carboxylic acids is 1. The second-order valence-corrected chi connectivity index (χ2v) is 6.37. The Hall–Kier alpha value is -3.67. The molecule has 0 aliphatic rings. The maximum absolute atomic E-state index is 12.7. The molecule has 2 aromatic heterocycles. The molecule has 0 aliphatic carbocycles. The van der Waals surface area contributed by atoms with Crippen molar-refractivity contribution in [3.05, 3.63) is 77.6 Å². The predicted octanol–water partition coefficient (Wildman–Crippen LogP) is 4.00. The van der Waals surface area contributed by atoms with Crippen LogP contribution in [0.2, 0.25) is 0 Å². The number of carbonyl (C=O) groups is 1. The molecule has 0 aliphatic heterocycles. The summed E-state index contributed by atoms with van der Waals surface area (Å²) in [6.07, 6.45) is 1.54. The van der Waals surface area contributed by atoms with E-state index in [-0.39, 0.29) is 11.7 Å². The van der Waals surface area contributed by atoms with Gasteiger partial charge in [-0.15, -0.1) is 0 Å². The standard InChI is InChI=1S/C21H18N4O2/c1-13-11-16(26)8-9-18(13)24-21(27)17-12-22-25(14(17)2)20-10-7-15-5-3-4-6-19(15)23-20/h3-12,26H,1-2H3,(H,24,27). The number of nitrogens with zero attached hydrogens (tertiary/aromatic N) is 3. The highest BCUT2D eigenvalue weighted by Crippen LogP contribution is 2.22. The van der Waals surface area contributed by atoms with Gasteiger partial charge in [0.05, 0.1) is 23.0 Å². The normalized spacial score (nSPS) is 10.9. The smallest absolute Gasteiger partial charge is 0.259 e. The van der Waals surface area contributed by atoms with Gasteiger partial charge < -0.3 is 10.4 Å². The SMILES string of the molecule is Cc1cc(O)ccc1NC(=O)c1cnn(-c2ccc3ccccc3n2)c1C. The van der Waals surface area contributed by atoms with E-state index >= 15 is 0 Å². The van der Waals surface area contributed by atoms with Crippen LogP contribution in [0.25, 0.3) is 16.7 Å². The number of pyridine rings is 1. The lowest BCUT2D eigenvalue weighted by Gasteiger charge is -2.09. The second kappa shape index (κ2) is 6.57. The maximum Gasteiger partial charge on any atom is 0.259 e. The van der Waals surface area contributed by atoms with Gasteiger partial charge in [-0.1, -0.05) is 18.2 Å². The zero-order valence-electron chi connectivity index (χ0n) is 15.0. The summed E-state index contributed by atoms with van der Waals surface area (Å²) in [4.78, 5) is 17.3. The zero-order chi connectivity index (χ0) is 19.0. The molecule has 0 saturated carbocycles. The Labute approximate surface area is 156 Å². The summed E-state index contributed by atoms with van der Waals surface area (Å²) in [6, 6.07) is 16.5.